The van der Waals surface area contributed by atoms with Crippen LogP contribution in [0.4, 0.5) is 5.69 Å². The van der Waals surface area contributed by atoms with Crippen molar-refractivity contribution in [1.29, 1.82) is 0 Å². The molecule has 2 amide bonds. The first kappa shape index (κ1) is 20.4. The SMILES string of the molecule is COc1ccc(C(=O)COc2ccc(Cl)cc2N2C(=O)[C@H]3CCCC[C@H]3C2=O)cc1. The highest BCUT2D eigenvalue weighted by atomic mass is 35.5. The maximum atomic E-state index is 13.0. The number of carbonyl (C=O) groups is 3. The Morgan fingerprint density at radius 2 is 1.67 bits per heavy atom. The second kappa shape index (κ2) is 8.48. The van der Waals surface area contributed by atoms with E-state index in [2.05, 4.69) is 0 Å². The molecule has 4 rings (SSSR count). The minimum atomic E-state index is -0.279. The molecule has 0 spiro atoms. The van der Waals surface area contributed by atoms with E-state index in [4.69, 9.17) is 21.1 Å². The highest BCUT2D eigenvalue weighted by molar-refractivity contribution is 6.31. The van der Waals surface area contributed by atoms with Crippen molar-refractivity contribution in [3.63, 3.8) is 0 Å². The Hall–Kier alpha value is -2.86. The number of hydrogen-bond acceptors (Lipinski definition) is 5. The van der Waals surface area contributed by atoms with Gasteiger partial charge in [0.05, 0.1) is 24.6 Å². The topological polar surface area (TPSA) is 72.9 Å². The second-order valence-electron chi connectivity index (χ2n) is 7.56. The maximum Gasteiger partial charge on any atom is 0.237 e. The van der Waals surface area contributed by atoms with E-state index in [-0.39, 0.29) is 41.8 Å². The highest BCUT2D eigenvalue weighted by Gasteiger charge is 2.49. The van der Waals surface area contributed by atoms with Crippen LogP contribution in [0.15, 0.2) is 42.5 Å². The second-order valence-corrected chi connectivity index (χ2v) is 8.00. The number of Topliss-reactive ketones (excluding diaryl/α,β-unsaturated/α-hetero) is 1. The average molecular weight is 428 g/mol. The monoisotopic (exact) mass is 427 g/mol. The summed E-state index contributed by atoms with van der Waals surface area (Å²) in [6.07, 6.45) is 3.34. The van der Waals surface area contributed by atoms with Crippen LogP contribution in [0.1, 0.15) is 36.0 Å². The Bertz CT molecular complexity index is 964. The zero-order valence-corrected chi connectivity index (χ0v) is 17.4. The third kappa shape index (κ3) is 3.79. The summed E-state index contributed by atoms with van der Waals surface area (Å²) < 4.78 is 10.8. The average Bonchev–Trinajstić information content (AvgIpc) is 3.03. The van der Waals surface area contributed by atoms with Crippen LogP contribution in [0, 0.1) is 11.8 Å². The van der Waals surface area contributed by atoms with Gasteiger partial charge in [0.25, 0.3) is 0 Å². The molecule has 2 aromatic carbocycles. The van der Waals surface area contributed by atoms with Crippen molar-refractivity contribution in [1.82, 2.24) is 0 Å². The predicted molar refractivity (Wildman–Crippen MR) is 112 cm³/mol. The van der Waals surface area contributed by atoms with Crippen LogP contribution in [0.2, 0.25) is 5.02 Å². The number of carbonyl (C=O) groups excluding carboxylic acids is 3. The zero-order chi connectivity index (χ0) is 21.3. The molecule has 2 fully saturated rings. The summed E-state index contributed by atoms with van der Waals surface area (Å²) in [4.78, 5) is 39.6. The third-order valence-electron chi connectivity index (χ3n) is 5.77. The Morgan fingerprint density at radius 1 is 1.03 bits per heavy atom. The molecule has 7 heteroatoms. The normalized spacial score (nSPS) is 20.8. The smallest absolute Gasteiger partial charge is 0.237 e. The summed E-state index contributed by atoms with van der Waals surface area (Å²) in [7, 11) is 1.55. The van der Waals surface area contributed by atoms with Gasteiger partial charge in [-0.2, -0.15) is 0 Å². The number of imide groups is 1. The number of benzene rings is 2. The molecule has 0 radical (unpaired) electrons. The molecule has 1 aliphatic carbocycles. The van der Waals surface area contributed by atoms with Crippen molar-refractivity contribution in [2.45, 2.75) is 25.7 Å². The quantitative estimate of drug-likeness (QED) is 0.508. The molecule has 1 aliphatic heterocycles. The Kier molecular flexibility index (Phi) is 5.77. The molecule has 1 heterocycles. The first-order chi connectivity index (χ1) is 14.5. The molecule has 0 N–H and O–H groups in total. The fraction of sp³-hybridized carbons (Fsp3) is 0.348. The van der Waals surface area contributed by atoms with Gasteiger partial charge in [-0.3, -0.25) is 14.4 Å². The Labute approximate surface area is 179 Å². The van der Waals surface area contributed by atoms with Gasteiger partial charge in [-0.15, -0.1) is 0 Å². The summed E-state index contributed by atoms with van der Waals surface area (Å²) >= 11 is 6.15. The summed E-state index contributed by atoms with van der Waals surface area (Å²) in [5.74, 6) is -0.275. The van der Waals surface area contributed by atoms with Crippen LogP contribution >= 0.6 is 11.6 Å². The van der Waals surface area contributed by atoms with Crippen LogP contribution in [0.3, 0.4) is 0 Å². The molecule has 156 valence electrons. The van der Waals surface area contributed by atoms with Gasteiger partial charge in [0.2, 0.25) is 11.8 Å². The summed E-state index contributed by atoms with van der Waals surface area (Å²) in [5, 5.41) is 0.384. The van der Waals surface area contributed by atoms with Gasteiger partial charge in [0, 0.05) is 10.6 Å². The molecule has 0 bridgehead atoms. The Balaban J connectivity index is 1.55. The van der Waals surface area contributed by atoms with Gasteiger partial charge in [-0.25, -0.2) is 4.90 Å². The zero-order valence-electron chi connectivity index (χ0n) is 16.6. The lowest BCUT2D eigenvalue weighted by Gasteiger charge is -2.19. The first-order valence-electron chi connectivity index (χ1n) is 9.97. The van der Waals surface area contributed by atoms with Crippen LogP contribution in [-0.4, -0.2) is 31.3 Å². The van der Waals surface area contributed by atoms with Crippen molar-refractivity contribution in [2.75, 3.05) is 18.6 Å². The van der Waals surface area contributed by atoms with Gasteiger partial charge in [0.15, 0.2) is 12.4 Å². The maximum absolute atomic E-state index is 13.0. The lowest BCUT2D eigenvalue weighted by atomic mass is 9.81. The number of ketones is 1. The van der Waals surface area contributed by atoms with Gasteiger partial charge in [-0.1, -0.05) is 24.4 Å². The van der Waals surface area contributed by atoms with E-state index in [1.165, 1.54) is 4.90 Å². The number of fused-ring (bicyclic) bond motifs is 1. The van der Waals surface area contributed by atoms with Crippen LogP contribution in [0.25, 0.3) is 0 Å². The van der Waals surface area contributed by atoms with Crippen LogP contribution in [-0.2, 0) is 9.59 Å². The minimum absolute atomic E-state index is 0.210. The first-order valence-corrected chi connectivity index (χ1v) is 10.3. The van der Waals surface area contributed by atoms with Crippen molar-refractivity contribution in [3.8, 4) is 11.5 Å². The molecular formula is C23H22ClNO5. The number of ether oxygens (including phenoxy) is 2. The van der Waals surface area contributed by atoms with Gasteiger partial charge in [0.1, 0.15) is 11.5 Å². The van der Waals surface area contributed by atoms with E-state index in [1.54, 1.807) is 49.6 Å². The molecule has 1 saturated heterocycles. The fourth-order valence-electron chi connectivity index (χ4n) is 4.19. The number of nitrogens with zero attached hydrogens (tertiary/aromatic N) is 1. The van der Waals surface area contributed by atoms with Crippen molar-refractivity contribution in [2.24, 2.45) is 11.8 Å². The highest BCUT2D eigenvalue weighted by Crippen LogP contribution is 2.43. The molecule has 6 nitrogen and oxygen atoms in total. The third-order valence-corrected chi connectivity index (χ3v) is 6.01. The van der Waals surface area contributed by atoms with E-state index >= 15 is 0 Å². The van der Waals surface area contributed by atoms with E-state index in [0.29, 0.717) is 22.0 Å². The fourth-order valence-corrected chi connectivity index (χ4v) is 4.36. The van der Waals surface area contributed by atoms with E-state index in [0.717, 1.165) is 25.7 Å². The molecule has 1 saturated carbocycles. The molecular weight excluding hydrogens is 406 g/mol. The molecule has 2 atom stereocenters. The van der Waals surface area contributed by atoms with E-state index in [1.807, 2.05) is 0 Å². The lowest BCUT2D eigenvalue weighted by Crippen LogP contribution is -2.31. The molecule has 0 unspecified atom stereocenters. The summed E-state index contributed by atoms with van der Waals surface area (Å²) in [6.45, 7) is -0.232. The summed E-state index contributed by atoms with van der Waals surface area (Å²) in [5.41, 5.74) is 0.778. The van der Waals surface area contributed by atoms with Gasteiger partial charge < -0.3 is 9.47 Å². The van der Waals surface area contributed by atoms with Crippen molar-refractivity contribution >= 4 is 34.9 Å². The van der Waals surface area contributed by atoms with Crippen LogP contribution < -0.4 is 14.4 Å². The number of amides is 2. The predicted octanol–water partition coefficient (Wildman–Crippen LogP) is 4.29. The molecule has 30 heavy (non-hydrogen) atoms. The van der Waals surface area contributed by atoms with Crippen molar-refractivity contribution < 1.29 is 23.9 Å². The van der Waals surface area contributed by atoms with Gasteiger partial charge >= 0.3 is 0 Å². The molecule has 2 aromatic rings. The number of anilines is 1. The van der Waals surface area contributed by atoms with Crippen LogP contribution in [0.5, 0.6) is 11.5 Å². The lowest BCUT2D eigenvalue weighted by molar-refractivity contribution is -0.122. The van der Waals surface area contributed by atoms with Gasteiger partial charge in [-0.05, 0) is 55.3 Å². The summed E-state index contributed by atoms with van der Waals surface area (Å²) in [6, 6.07) is 11.4. The molecule has 2 aliphatic rings. The number of methoxy groups -OCH3 is 1. The number of rotatable bonds is 6. The van der Waals surface area contributed by atoms with E-state index in [9.17, 15) is 14.4 Å². The number of halogens is 1. The molecule has 0 aromatic heterocycles. The largest absolute Gasteiger partial charge is 0.497 e. The standard InChI is InChI=1S/C23H22ClNO5/c1-29-16-9-6-14(7-10-16)20(26)13-30-21-11-8-15(24)12-19(21)25-22(27)17-4-2-3-5-18(17)23(25)28/h6-12,17-18H,2-5,13H2,1H3/t17-,18+. The Morgan fingerprint density at radius 3 is 2.27 bits per heavy atom. The minimum Gasteiger partial charge on any atom is -0.497 e. The number of hydrogen-bond donors (Lipinski definition) is 0. The van der Waals surface area contributed by atoms with E-state index < -0.39 is 0 Å². The van der Waals surface area contributed by atoms with Crippen molar-refractivity contribution in [3.05, 3.63) is 53.1 Å².